The maximum absolute atomic E-state index is 11.7. The predicted molar refractivity (Wildman–Crippen MR) is 82.6 cm³/mol. The molecule has 2 unspecified atom stereocenters. The Hall–Kier alpha value is -1.55. The lowest BCUT2D eigenvalue weighted by molar-refractivity contribution is -0.144. The van der Waals surface area contributed by atoms with Crippen LogP contribution in [-0.2, 0) is 4.79 Å². The third-order valence-corrected chi connectivity index (χ3v) is 3.93. The first-order valence-electron chi connectivity index (χ1n) is 7.81. The van der Waals surface area contributed by atoms with E-state index in [9.17, 15) is 9.90 Å². The molecule has 2 atom stereocenters. The monoisotopic (exact) mass is 291 g/mol. The molecule has 1 aliphatic rings. The smallest absolute Gasteiger partial charge is 0.325 e. The zero-order valence-corrected chi connectivity index (χ0v) is 12.9. The highest BCUT2D eigenvalue weighted by molar-refractivity contribution is 5.75. The predicted octanol–water partition coefficient (Wildman–Crippen LogP) is 3.33. The van der Waals surface area contributed by atoms with Gasteiger partial charge in [0, 0.05) is 6.54 Å². The third-order valence-electron chi connectivity index (χ3n) is 3.93. The van der Waals surface area contributed by atoms with Gasteiger partial charge in [0.05, 0.1) is 6.61 Å². The van der Waals surface area contributed by atoms with Crippen LogP contribution in [0.5, 0.6) is 5.75 Å². The van der Waals surface area contributed by atoms with Crippen molar-refractivity contribution in [2.45, 2.75) is 39.2 Å². The van der Waals surface area contributed by atoms with Crippen molar-refractivity contribution in [2.24, 2.45) is 5.92 Å². The topological polar surface area (TPSA) is 49.8 Å². The van der Waals surface area contributed by atoms with Gasteiger partial charge in [-0.2, -0.15) is 0 Å². The maximum atomic E-state index is 11.7. The largest absolute Gasteiger partial charge is 0.494 e. The number of carboxylic acids is 1. The molecule has 0 aliphatic carbocycles. The number of likely N-dealkylation sites (tertiary alicyclic amines) is 1. The van der Waals surface area contributed by atoms with E-state index in [1.165, 1.54) is 6.42 Å². The Kier molecular flexibility index (Phi) is 5.62. The fraction of sp³-hybridized carbons (Fsp3) is 0.588. The van der Waals surface area contributed by atoms with Crippen LogP contribution in [0.3, 0.4) is 0 Å². The molecule has 0 bridgehead atoms. The van der Waals surface area contributed by atoms with Crippen LogP contribution >= 0.6 is 0 Å². The number of piperidine rings is 1. The number of rotatable bonds is 6. The second kappa shape index (κ2) is 7.46. The summed E-state index contributed by atoms with van der Waals surface area (Å²) in [7, 11) is 0. The van der Waals surface area contributed by atoms with E-state index in [-0.39, 0.29) is 0 Å². The van der Waals surface area contributed by atoms with E-state index in [4.69, 9.17) is 4.74 Å². The first-order valence-corrected chi connectivity index (χ1v) is 7.81. The summed E-state index contributed by atoms with van der Waals surface area (Å²) in [6.45, 7) is 6.59. The number of carbonyl (C=O) groups is 1. The van der Waals surface area contributed by atoms with Gasteiger partial charge in [-0.25, -0.2) is 0 Å². The van der Waals surface area contributed by atoms with Crippen molar-refractivity contribution in [3.05, 3.63) is 29.8 Å². The molecule has 1 fully saturated rings. The number of benzene rings is 1. The molecule has 1 aromatic rings. The van der Waals surface area contributed by atoms with Gasteiger partial charge in [0.25, 0.3) is 0 Å². The molecule has 0 aromatic heterocycles. The van der Waals surface area contributed by atoms with Gasteiger partial charge < -0.3 is 9.84 Å². The van der Waals surface area contributed by atoms with E-state index in [0.717, 1.165) is 37.2 Å². The lowest BCUT2D eigenvalue weighted by Crippen LogP contribution is -2.40. The number of hydrogen-bond donors (Lipinski definition) is 1. The van der Waals surface area contributed by atoms with Crippen LogP contribution in [0.4, 0.5) is 0 Å². The Balaban J connectivity index is 2.19. The Morgan fingerprint density at radius 2 is 2.33 bits per heavy atom. The van der Waals surface area contributed by atoms with Gasteiger partial charge in [-0.3, -0.25) is 9.69 Å². The Morgan fingerprint density at radius 3 is 3.00 bits per heavy atom. The molecule has 1 aliphatic heterocycles. The van der Waals surface area contributed by atoms with Gasteiger partial charge in [-0.15, -0.1) is 0 Å². The summed E-state index contributed by atoms with van der Waals surface area (Å²) in [6, 6.07) is 6.95. The summed E-state index contributed by atoms with van der Waals surface area (Å²) in [6.07, 6.45) is 3.19. The van der Waals surface area contributed by atoms with Gasteiger partial charge in [0.1, 0.15) is 11.8 Å². The normalized spacial score (nSPS) is 21.0. The van der Waals surface area contributed by atoms with Gasteiger partial charge in [-0.05, 0) is 49.4 Å². The molecular formula is C17H25NO3. The summed E-state index contributed by atoms with van der Waals surface area (Å²) in [5.41, 5.74) is 0.810. The van der Waals surface area contributed by atoms with E-state index in [2.05, 4.69) is 18.7 Å². The molecule has 4 nitrogen and oxygen atoms in total. The highest BCUT2D eigenvalue weighted by atomic mass is 16.5. The van der Waals surface area contributed by atoms with Crippen LogP contribution in [0.25, 0.3) is 0 Å². The lowest BCUT2D eigenvalue weighted by atomic mass is 9.96. The molecule has 2 rings (SSSR count). The molecule has 0 saturated carbocycles. The minimum atomic E-state index is -0.781. The van der Waals surface area contributed by atoms with Crippen LogP contribution in [0, 0.1) is 5.92 Å². The first-order chi connectivity index (χ1) is 10.1. The van der Waals surface area contributed by atoms with E-state index < -0.39 is 12.0 Å². The minimum absolute atomic E-state index is 0.556. The number of nitrogens with zero attached hydrogens (tertiary/aromatic N) is 1. The number of ether oxygens (including phenoxy) is 1. The second-order valence-electron chi connectivity index (χ2n) is 5.90. The van der Waals surface area contributed by atoms with Crippen LogP contribution in [0.2, 0.25) is 0 Å². The average molecular weight is 291 g/mol. The molecule has 1 aromatic carbocycles. The fourth-order valence-electron chi connectivity index (χ4n) is 2.96. The first kappa shape index (κ1) is 15.8. The van der Waals surface area contributed by atoms with Crippen molar-refractivity contribution >= 4 is 5.97 Å². The van der Waals surface area contributed by atoms with Gasteiger partial charge >= 0.3 is 5.97 Å². The van der Waals surface area contributed by atoms with Crippen molar-refractivity contribution in [2.75, 3.05) is 19.7 Å². The molecule has 1 saturated heterocycles. The Morgan fingerprint density at radius 1 is 1.52 bits per heavy atom. The maximum Gasteiger partial charge on any atom is 0.325 e. The zero-order chi connectivity index (χ0) is 15.2. The van der Waals surface area contributed by atoms with Crippen molar-refractivity contribution in [1.29, 1.82) is 0 Å². The quantitative estimate of drug-likeness (QED) is 0.873. The van der Waals surface area contributed by atoms with E-state index in [0.29, 0.717) is 12.5 Å². The Bertz CT molecular complexity index is 475. The third kappa shape index (κ3) is 4.21. The van der Waals surface area contributed by atoms with Crippen molar-refractivity contribution in [3.8, 4) is 5.75 Å². The SMILES string of the molecule is CCCOc1cccc(C(C(=O)O)N2CCCC(C)C2)c1. The van der Waals surface area contributed by atoms with Crippen LogP contribution in [0.1, 0.15) is 44.7 Å². The summed E-state index contributed by atoms with van der Waals surface area (Å²) >= 11 is 0. The van der Waals surface area contributed by atoms with Gasteiger partial charge in [0.2, 0.25) is 0 Å². The zero-order valence-electron chi connectivity index (χ0n) is 12.9. The van der Waals surface area contributed by atoms with Gasteiger partial charge in [0.15, 0.2) is 0 Å². The number of carboxylic acid groups (broad SMARTS) is 1. The molecule has 0 spiro atoms. The molecule has 1 heterocycles. The molecule has 0 radical (unpaired) electrons. The molecule has 0 amide bonds. The van der Waals surface area contributed by atoms with Crippen molar-refractivity contribution in [1.82, 2.24) is 4.90 Å². The van der Waals surface area contributed by atoms with E-state index >= 15 is 0 Å². The van der Waals surface area contributed by atoms with Crippen molar-refractivity contribution < 1.29 is 14.6 Å². The standard InChI is InChI=1S/C17H25NO3/c1-3-10-21-15-8-4-7-14(11-15)16(17(19)20)18-9-5-6-13(2)12-18/h4,7-8,11,13,16H,3,5-6,9-10,12H2,1-2H3,(H,19,20). The van der Waals surface area contributed by atoms with Crippen LogP contribution in [-0.4, -0.2) is 35.7 Å². The molecule has 1 N–H and O–H groups in total. The summed E-state index contributed by atoms with van der Waals surface area (Å²) < 4.78 is 5.62. The molecular weight excluding hydrogens is 266 g/mol. The highest BCUT2D eigenvalue weighted by Gasteiger charge is 2.30. The minimum Gasteiger partial charge on any atom is -0.494 e. The molecule has 21 heavy (non-hydrogen) atoms. The number of aliphatic carboxylic acids is 1. The summed E-state index contributed by atoms with van der Waals surface area (Å²) in [4.78, 5) is 13.8. The van der Waals surface area contributed by atoms with E-state index in [1.54, 1.807) is 0 Å². The lowest BCUT2D eigenvalue weighted by Gasteiger charge is -2.35. The van der Waals surface area contributed by atoms with Gasteiger partial charge in [-0.1, -0.05) is 26.0 Å². The van der Waals surface area contributed by atoms with E-state index in [1.807, 2.05) is 24.3 Å². The average Bonchev–Trinajstić information content (AvgIpc) is 2.45. The second-order valence-corrected chi connectivity index (χ2v) is 5.90. The van der Waals surface area contributed by atoms with Crippen molar-refractivity contribution in [3.63, 3.8) is 0 Å². The molecule has 4 heteroatoms. The van der Waals surface area contributed by atoms with Crippen LogP contribution in [0.15, 0.2) is 24.3 Å². The highest BCUT2D eigenvalue weighted by Crippen LogP contribution is 2.29. The summed E-state index contributed by atoms with van der Waals surface area (Å²) in [5, 5.41) is 9.65. The Labute approximate surface area is 126 Å². The molecule has 116 valence electrons. The van der Waals surface area contributed by atoms with Crippen LogP contribution < -0.4 is 4.74 Å². The number of hydrogen-bond acceptors (Lipinski definition) is 3. The fourth-order valence-corrected chi connectivity index (χ4v) is 2.96. The summed E-state index contributed by atoms with van der Waals surface area (Å²) in [5.74, 6) is 0.530.